The van der Waals surface area contributed by atoms with Crippen LogP contribution < -0.4 is 5.32 Å². The number of aryl methyl sites for hydroxylation is 1. The molecule has 0 aliphatic carbocycles. The molecule has 0 saturated heterocycles. The van der Waals surface area contributed by atoms with E-state index in [1.54, 1.807) is 0 Å². The van der Waals surface area contributed by atoms with Crippen LogP contribution in [0.3, 0.4) is 0 Å². The second kappa shape index (κ2) is 7.75. The van der Waals surface area contributed by atoms with Crippen LogP contribution in [0.1, 0.15) is 29.0 Å². The van der Waals surface area contributed by atoms with Crippen LogP contribution in [-0.4, -0.2) is 16.3 Å². The summed E-state index contributed by atoms with van der Waals surface area (Å²) >= 11 is 0. The summed E-state index contributed by atoms with van der Waals surface area (Å²) in [6.45, 7) is 1.84. The van der Waals surface area contributed by atoms with Gasteiger partial charge in [0.15, 0.2) is 0 Å². The average molecular weight is 305 g/mol. The lowest BCUT2D eigenvalue weighted by molar-refractivity contribution is 0.611. The highest BCUT2D eigenvalue weighted by atomic mass is 15.2. The molecule has 3 heteroatoms. The zero-order chi connectivity index (χ0) is 15.9. The van der Waals surface area contributed by atoms with Gasteiger partial charge in [-0.15, -0.1) is 0 Å². The van der Waals surface area contributed by atoms with Gasteiger partial charge in [-0.25, -0.2) is 0 Å². The van der Waals surface area contributed by atoms with Crippen LogP contribution in [0, 0.1) is 0 Å². The normalized spacial score (nSPS) is 11.0. The summed E-state index contributed by atoms with van der Waals surface area (Å²) in [6.07, 6.45) is 5.05. The monoisotopic (exact) mass is 305 g/mol. The molecule has 23 heavy (non-hydrogen) atoms. The van der Waals surface area contributed by atoms with E-state index in [0.29, 0.717) is 5.92 Å². The van der Waals surface area contributed by atoms with Crippen molar-refractivity contribution in [2.75, 3.05) is 6.54 Å². The molecule has 1 aromatic heterocycles. The van der Waals surface area contributed by atoms with Crippen LogP contribution in [0.15, 0.2) is 73.1 Å². The SMILES string of the molecule is Cn1cc(CNCCC(c2ccccc2)c2ccccc2)cn1. The van der Waals surface area contributed by atoms with Crippen LogP contribution in [-0.2, 0) is 13.6 Å². The summed E-state index contributed by atoms with van der Waals surface area (Å²) in [5, 5.41) is 7.73. The summed E-state index contributed by atoms with van der Waals surface area (Å²) in [5.41, 5.74) is 3.98. The van der Waals surface area contributed by atoms with Gasteiger partial charge in [0.2, 0.25) is 0 Å². The van der Waals surface area contributed by atoms with E-state index >= 15 is 0 Å². The van der Waals surface area contributed by atoms with Gasteiger partial charge in [0.05, 0.1) is 6.20 Å². The zero-order valence-electron chi connectivity index (χ0n) is 13.5. The van der Waals surface area contributed by atoms with E-state index in [1.165, 1.54) is 16.7 Å². The molecular weight excluding hydrogens is 282 g/mol. The van der Waals surface area contributed by atoms with Crippen molar-refractivity contribution < 1.29 is 0 Å². The van der Waals surface area contributed by atoms with Crippen LogP contribution in [0.25, 0.3) is 0 Å². The quantitative estimate of drug-likeness (QED) is 0.674. The van der Waals surface area contributed by atoms with Gasteiger partial charge in [0.1, 0.15) is 0 Å². The second-order valence-electron chi connectivity index (χ2n) is 5.86. The van der Waals surface area contributed by atoms with E-state index in [1.807, 2.05) is 17.9 Å². The molecule has 3 aromatic rings. The van der Waals surface area contributed by atoms with Gasteiger partial charge in [-0.1, -0.05) is 60.7 Å². The Labute approximate surface area is 138 Å². The Morgan fingerprint density at radius 3 is 2.09 bits per heavy atom. The van der Waals surface area contributed by atoms with Crippen molar-refractivity contribution in [3.05, 3.63) is 89.7 Å². The second-order valence-corrected chi connectivity index (χ2v) is 5.86. The molecule has 2 aromatic carbocycles. The van der Waals surface area contributed by atoms with Crippen molar-refractivity contribution in [3.63, 3.8) is 0 Å². The van der Waals surface area contributed by atoms with Gasteiger partial charge in [-0.3, -0.25) is 4.68 Å². The summed E-state index contributed by atoms with van der Waals surface area (Å²) in [4.78, 5) is 0. The molecule has 1 heterocycles. The van der Waals surface area contributed by atoms with E-state index in [4.69, 9.17) is 0 Å². The number of benzene rings is 2. The number of rotatable bonds is 7. The number of aromatic nitrogens is 2. The molecule has 0 saturated carbocycles. The molecular formula is C20H23N3. The van der Waals surface area contributed by atoms with Crippen LogP contribution in [0.5, 0.6) is 0 Å². The Balaban J connectivity index is 1.63. The number of hydrogen-bond acceptors (Lipinski definition) is 2. The van der Waals surface area contributed by atoms with Gasteiger partial charge in [0, 0.05) is 31.3 Å². The fourth-order valence-corrected chi connectivity index (χ4v) is 2.94. The molecule has 0 fully saturated rings. The van der Waals surface area contributed by atoms with Crippen molar-refractivity contribution in [3.8, 4) is 0 Å². The molecule has 0 aliphatic rings. The molecule has 3 rings (SSSR count). The number of hydrogen-bond donors (Lipinski definition) is 1. The first-order valence-corrected chi connectivity index (χ1v) is 8.11. The van der Waals surface area contributed by atoms with E-state index in [0.717, 1.165) is 19.5 Å². The van der Waals surface area contributed by atoms with Gasteiger partial charge in [-0.2, -0.15) is 5.10 Å². The van der Waals surface area contributed by atoms with Gasteiger partial charge < -0.3 is 5.32 Å². The maximum Gasteiger partial charge on any atom is 0.0534 e. The standard InChI is InChI=1S/C20H23N3/c1-23-16-17(15-22-23)14-21-13-12-20(18-8-4-2-5-9-18)19-10-6-3-7-11-19/h2-11,15-16,20-21H,12-14H2,1H3. The van der Waals surface area contributed by atoms with E-state index in [-0.39, 0.29) is 0 Å². The minimum atomic E-state index is 0.429. The van der Waals surface area contributed by atoms with Crippen LogP contribution in [0.4, 0.5) is 0 Å². The molecule has 1 N–H and O–H groups in total. The molecule has 0 aliphatic heterocycles. The third-order valence-electron chi connectivity index (χ3n) is 4.10. The Morgan fingerprint density at radius 2 is 1.57 bits per heavy atom. The topological polar surface area (TPSA) is 29.9 Å². The Kier molecular flexibility index (Phi) is 5.22. The maximum absolute atomic E-state index is 4.20. The highest BCUT2D eigenvalue weighted by Crippen LogP contribution is 2.27. The predicted octanol–water partition coefficient (Wildman–Crippen LogP) is 3.73. The van der Waals surface area contributed by atoms with Crippen molar-refractivity contribution in [2.45, 2.75) is 18.9 Å². The molecule has 118 valence electrons. The lowest BCUT2D eigenvalue weighted by Gasteiger charge is -2.18. The summed E-state index contributed by atoms with van der Waals surface area (Å²) < 4.78 is 1.84. The third kappa shape index (κ3) is 4.30. The Morgan fingerprint density at radius 1 is 0.957 bits per heavy atom. The molecule has 0 spiro atoms. The molecule has 0 unspecified atom stereocenters. The molecule has 0 radical (unpaired) electrons. The largest absolute Gasteiger partial charge is 0.313 e. The van der Waals surface area contributed by atoms with E-state index in [9.17, 15) is 0 Å². The summed E-state index contributed by atoms with van der Waals surface area (Å²) in [7, 11) is 1.95. The maximum atomic E-state index is 4.20. The van der Waals surface area contributed by atoms with Crippen LogP contribution >= 0.6 is 0 Å². The molecule has 3 nitrogen and oxygen atoms in total. The lowest BCUT2D eigenvalue weighted by Crippen LogP contribution is -2.17. The molecule has 0 bridgehead atoms. The van der Waals surface area contributed by atoms with Crippen LogP contribution in [0.2, 0.25) is 0 Å². The first-order valence-electron chi connectivity index (χ1n) is 8.11. The highest BCUT2D eigenvalue weighted by Gasteiger charge is 2.13. The smallest absolute Gasteiger partial charge is 0.0534 e. The fourth-order valence-electron chi connectivity index (χ4n) is 2.94. The minimum absolute atomic E-state index is 0.429. The summed E-state index contributed by atoms with van der Waals surface area (Å²) in [6, 6.07) is 21.5. The average Bonchev–Trinajstić information content (AvgIpc) is 3.02. The van der Waals surface area contributed by atoms with Gasteiger partial charge in [-0.05, 0) is 24.1 Å². The molecule has 0 amide bonds. The fraction of sp³-hybridized carbons (Fsp3) is 0.250. The zero-order valence-corrected chi connectivity index (χ0v) is 13.5. The minimum Gasteiger partial charge on any atom is -0.313 e. The highest BCUT2D eigenvalue weighted by molar-refractivity contribution is 5.32. The third-order valence-corrected chi connectivity index (χ3v) is 4.10. The Bertz CT molecular complexity index is 665. The predicted molar refractivity (Wildman–Crippen MR) is 94.3 cm³/mol. The first kappa shape index (κ1) is 15.5. The number of nitrogens with zero attached hydrogens (tertiary/aromatic N) is 2. The first-order chi connectivity index (χ1) is 11.3. The number of nitrogens with one attached hydrogen (secondary N) is 1. The summed E-state index contributed by atoms with van der Waals surface area (Å²) in [5.74, 6) is 0.429. The van der Waals surface area contributed by atoms with E-state index in [2.05, 4.69) is 77.3 Å². The van der Waals surface area contributed by atoms with Crippen molar-refractivity contribution in [2.24, 2.45) is 7.05 Å². The van der Waals surface area contributed by atoms with Crippen molar-refractivity contribution in [1.29, 1.82) is 0 Å². The van der Waals surface area contributed by atoms with Gasteiger partial charge >= 0.3 is 0 Å². The Hall–Kier alpha value is -2.39. The lowest BCUT2D eigenvalue weighted by atomic mass is 9.88. The van der Waals surface area contributed by atoms with E-state index < -0.39 is 0 Å². The van der Waals surface area contributed by atoms with Gasteiger partial charge in [0.25, 0.3) is 0 Å². The molecule has 0 atom stereocenters. The van der Waals surface area contributed by atoms with Crippen molar-refractivity contribution in [1.82, 2.24) is 15.1 Å². The van der Waals surface area contributed by atoms with Crippen molar-refractivity contribution >= 4 is 0 Å².